The Hall–Kier alpha value is -3.37. The molecule has 10 heteroatoms. The summed E-state index contributed by atoms with van der Waals surface area (Å²) < 4.78 is 50.6. The van der Waals surface area contributed by atoms with Crippen LogP contribution in [0.15, 0.2) is 50.2 Å². The van der Waals surface area contributed by atoms with Crippen molar-refractivity contribution in [2.45, 2.75) is 32.1 Å². The summed E-state index contributed by atoms with van der Waals surface area (Å²) in [5.74, 6) is 2.77. The van der Waals surface area contributed by atoms with Gasteiger partial charge in [-0.05, 0) is 61.6 Å². The smallest absolute Gasteiger partial charge is 0.294 e. The van der Waals surface area contributed by atoms with E-state index in [-0.39, 0.29) is 10.8 Å². The standard InChI is InChI=1S/C26H29N3O6S/c1-15-10-16(2)14-29(13-15)36(30,31)19-7-9-21-20(12-19)17(3)24(34-21)26-27-25(28-35-26)18-6-8-22(32-4)23(11-18)33-5/h6-9,11-12,15-16H,10,13-14H2,1-5H3/t15-,16-/m0/s1. The Morgan fingerprint density at radius 2 is 1.72 bits per heavy atom. The molecule has 3 heterocycles. The van der Waals surface area contributed by atoms with Crippen molar-refractivity contribution < 1.29 is 26.8 Å². The minimum absolute atomic E-state index is 0.205. The quantitative estimate of drug-likeness (QED) is 0.350. The summed E-state index contributed by atoms with van der Waals surface area (Å²) >= 11 is 0. The van der Waals surface area contributed by atoms with Crippen molar-refractivity contribution >= 4 is 21.0 Å². The number of aryl methyl sites for hydroxylation is 1. The van der Waals surface area contributed by atoms with Gasteiger partial charge in [0.1, 0.15) is 5.58 Å². The highest BCUT2D eigenvalue weighted by Crippen LogP contribution is 2.36. The molecule has 190 valence electrons. The zero-order chi connectivity index (χ0) is 25.6. The number of ether oxygens (including phenoxy) is 2. The van der Waals surface area contributed by atoms with Gasteiger partial charge in [-0.15, -0.1) is 0 Å². The Morgan fingerprint density at radius 1 is 1.00 bits per heavy atom. The van der Waals surface area contributed by atoms with Gasteiger partial charge in [0.25, 0.3) is 5.89 Å². The van der Waals surface area contributed by atoms with Crippen molar-refractivity contribution in [2.24, 2.45) is 11.8 Å². The fraction of sp³-hybridized carbons (Fsp3) is 0.385. The average molecular weight is 512 g/mol. The average Bonchev–Trinajstić information content (AvgIpc) is 3.47. The van der Waals surface area contributed by atoms with Gasteiger partial charge in [-0.2, -0.15) is 9.29 Å². The fourth-order valence-electron chi connectivity index (χ4n) is 4.92. The normalized spacial score (nSPS) is 19.0. The number of hydrogen-bond donors (Lipinski definition) is 0. The Balaban J connectivity index is 1.49. The number of methoxy groups -OCH3 is 2. The van der Waals surface area contributed by atoms with Crippen LogP contribution in [0.4, 0.5) is 0 Å². The monoisotopic (exact) mass is 511 g/mol. The molecule has 2 aromatic carbocycles. The molecule has 1 aliphatic rings. The summed E-state index contributed by atoms with van der Waals surface area (Å²) in [6, 6.07) is 10.3. The molecule has 1 saturated heterocycles. The lowest BCUT2D eigenvalue weighted by molar-refractivity contribution is 0.222. The molecule has 4 aromatic rings. The van der Waals surface area contributed by atoms with E-state index in [0.29, 0.717) is 64.5 Å². The number of furan rings is 1. The highest BCUT2D eigenvalue weighted by Gasteiger charge is 2.32. The van der Waals surface area contributed by atoms with Gasteiger partial charge in [0.05, 0.1) is 19.1 Å². The first kappa shape index (κ1) is 24.3. The van der Waals surface area contributed by atoms with Gasteiger partial charge in [0, 0.05) is 29.6 Å². The second-order valence-electron chi connectivity index (χ2n) is 9.48. The van der Waals surface area contributed by atoms with Crippen LogP contribution in [0, 0.1) is 18.8 Å². The first-order chi connectivity index (χ1) is 17.2. The largest absolute Gasteiger partial charge is 0.493 e. The van der Waals surface area contributed by atoms with E-state index in [0.717, 1.165) is 12.0 Å². The van der Waals surface area contributed by atoms with Gasteiger partial charge in [0.2, 0.25) is 15.8 Å². The van der Waals surface area contributed by atoms with Crippen LogP contribution in [0.1, 0.15) is 25.8 Å². The summed E-state index contributed by atoms with van der Waals surface area (Å²) in [7, 11) is -0.492. The first-order valence-electron chi connectivity index (χ1n) is 11.8. The number of fused-ring (bicyclic) bond motifs is 1. The lowest BCUT2D eigenvalue weighted by Crippen LogP contribution is -2.42. The second kappa shape index (κ2) is 9.25. The molecule has 0 spiro atoms. The first-order valence-corrected chi connectivity index (χ1v) is 13.2. The summed E-state index contributed by atoms with van der Waals surface area (Å²) in [5.41, 5.74) is 1.97. The van der Waals surface area contributed by atoms with Crippen molar-refractivity contribution in [2.75, 3.05) is 27.3 Å². The number of hydrogen-bond acceptors (Lipinski definition) is 8. The predicted octanol–water partition coefficient (Wildman–Crippen LogP) is 5.14. The fourth-order valence-corrected chi connectivity index (χ4v) is 6.63. The molecule has 0 aliphatic carbocycles. The van der Waals surface area contributed by atoms with E-state index in [1.54, 1.807) is 54.9 Å². The molecule has 5 rings (SSSR count). The molecule has 0 amide bonds. The second-order valence-corrected chi connectivity index (χ2v) is 11.4. The lowest BCUT2D eigenvalue weighted by atomic mass is 9.94. The molecule has 0 N–H and O–H groups in total. The molecule has 0 saturated carbocycles. The van der Waals surface area contributed by atoms with Crippen molar-refractivity contribution in [1.82, 2.24) is 14.4 Å². The Kier molecular flexibility index (Phi) is 6.25. The van der Waals surface area contributed by atoms with E-state index in [1.165, 1.54) is 0 Å². The maximum atomic E-state index is 13.4. The highest BCUT2D eigenvalue weighted by molar-refractivity contribution is 7.89. The summed E-state index contributed by atoms with van der Waals surface area (Å²) in [6.07, 6.45) is 1.03. The van der Waals surface area contributed by atoms with Crippen molar-refractivity contribution in [3.05, 3.63) is 42.0 Å². The van der Waals surface area contributed by atoms with Crippen LogP contribution in [0.5, 0.6) is 11.5 Å². The van der Waals surface area contributed by atoms with Gasteiger partial charge in [-0.3, -0.25) is 0 Å². The van der Waals surface area contributed by atoms with Crippen LogP contribution < -0.4 is 9.47 Å². The molecule has 0 bridgehead atoms. The van der Waals surface area contributed by atoms with E-state index in [9.17, 15) is 8.42 Å². The summed E-state index contributed by atoms with van der Waals surface area (Å²) in [4.78, 5) is 4.76. The van der Waals surface area contributed by atoms with E-state index in [2.05, 4.69) is 24.0 Å². The van der Waals surface area contributed by atoms with Crippen LogP contribution in [0.25, 0.3) is 34.0 Å². The van der Waals surface area contributed by atoms with Crippen molar-refractivity contribution in [3.63, 3.8) is 0 Å². The van der Waals surface area contributed by atoms with Gasteiger partial charge < -0.3 is 18.4 Å². The zero-order valence-electron chi connectivity index (χ0n) is 20.9. The molecular formula is C26H29N3O6S. The number of aromatic nitrogens is 2. The number of piperidine rings is 1. The van der Waals surface area contributed by atoms with Gasteiger partial charge in [0.15, 0.2) is 17.3 Å². The minimum Gasteiger partial charge on any atom is -0.493 e. The van der Waals surface area contributed by atoms with E-state index in [4.69, 9.17) is 18.4 Å². The lowest BCUT2D eigenvalue weighted by Gasteiger charge is -2.34. The molecular weight excluding hydrogens is 482 g/mol. The van der Waals surface area contributed by atoms with Gasteiger partial charge in [-0.25, -0.2) is 8.42 Å². The number of rotatable bonds is 6. The third kappa shape index (κ3) is 4.24. The SMILES string of the molecule is COc1ccc(-c2noc(-c3oc4ccc(S(=O)(=O)N5C[C@@H](C)C[C@H](C)C5)cc4c3C)n2)cc1OC. The maximum Gasteiger partial charge on any atom is 0.294 e. The molecule has 9 nitrogen and oxygen atoms in total. The third-order valence-electron chi connectivity index (χ3n) is 6.64. The topological polar surface area (TPSA) is 108 Å². The molecule has 0 radical (unpaired) electrons. The van der Waals surface area contributed by atoms with Gasteiger partial charge in [-0.1, -0.05) is 19.0 Å². The summed E-state index contributed by atoms with van der Waals surface area (Å²) in [5, 5.41) is 4.78. The van der Waals surface area contributed by atoms with Crippen molar-refractivity contribution in [3.8, 4) is 34.5 Å². The van der Waals surface area contributed by atoms with Crippen LogP contribution in [-0.2, 0) is 10.0 Å². The molecule has 2 atom stereocenters. The van der Waals surface area contributed by atoms with Gasteiger partial charge >= 0.3 is 0 Å². The molecule has 0 unspecified atom stereocenters. The number of sulfonamides is 1. The molecule has 2 aromatic heterocycles. The number of nitrogens with zero attached hydrogens (tertiary/aromatic N) is 3. The van der Waals surface area contributed by atoms with Crippen LogP contribution in [0.3, 0.4) is 0 Å². The van der Waals surface area contributed by atoms with Crippen LogP contribution in [0.2, 0.25) is 0 Å². The predicted molar refractivity (Wildman–Crippen MR) is 134 cm³/mol. The zero-order valence-corrected chi connectivity index (χ0v) is 21.8. The highest BCUT2D eigenvalue weighted by atomic mass is 32.2. The van der Waals surface area contributed by atoms with E-state index < -0.39 is 10.0 Å². The molecule has 1 fully saturated rings. The third-order valence-corrected chi connectivity index (χ3v) is 8.47. The molecule has 1 aliphatic heterocycles. The Labute approximate surface area is 210 Å². The Morgan fingerprint density at radius 3 is 2.42 bits per heavy atom. The molecule has 36 heavy (non-hydrogen) atoms. The van der Waals surface area contributed by atoms with Crippen molar-refractivity contribution in [1.29, 1.82) is 0 Å². The van der Waals surface area contributed by atoms with Crippen LogP contribution >= 0.6 is 0 Å². The van der Waals surface area contributed by atoms with E-state index in [1.807, 2.05) is 6.92 Å². The number of benzene rings is 2. The minimum atomic E-state index is -3.62. The van der Waals surface area contributed by atoms with Crippen LogP contribution in [-0.4, -0.2) is 50.2 Å². The Bertz CT molecular complexity index is 1510. The maximum absolute atomic E-state index is 13.4. The summed E-state index contributed by atoms with van der Waals surface area (Å²) in [6.45, 7) is 7.09. The van der Waals surface area contributed by atoms with E-state index >= 15 is 0 Å².